The third kappa shape index (κ3) is 3.85. The van der Waals surface area contributed by atoms with Gasteiger partial charge in [-0.05, 0) is 45.0 Å². The molecule has 0 aliphatic carbocycles. The number of methoxy groups -OCH3 is 1. The zero-order valence-electron chi connectivity index (χ0n) is 11.8. The Kier molecular flexibility index (Phi) is 5.05. The van der Waals surface area contributed by atoms with Gasteiger partial charge in [-0.3, -0.25) is 4.90 Å². The molecule has 1 heterocycles. The number of ether oxygens (including phenoxy) is 2. The highest BCUT2D eigenvalue weighted by atomic mass is 16.5. The van der Waals surface area contributed by atoms with Crippen molar-refractivity contribution in [3.8, 4) is 11.5 Å². The first-order valence-corrected chi connectivity index (χ1v) is 6.92. The van der Waals surface area contributed by atoms with Crippen LogP contribution >= 0.6 is 0 Å². The fourth-order valence-corrected chi connectivity index (χ4v) is 2.40. The molecule has 0 aromatic heterocycles. The molecule has 0 radical (unpaired) electrons. The zero-order valence-corrected chi connectivity index (χ0v) is 11.8. The maximum Gasteiger partial charge on any atom is 0.128 e. The molecule has 1 aliphatic rings. The molecule has 0 bridgehead atoms. The summed E-state index contributed by atoms with van der Waals surface area (Å²) >= 11 is 0. The molecule has 106 valence electrons. The molecule has 1 aromatic rings. The van der Waals surface area contributed by atoms with Gasteiger partial charge in [0.05, 0.1) is 13.2 Å². The van der Waals surface area contributed by atoms with Gasteiger partial charge in [0, 0.05) is 18.2 Å². The van der Waals surface area contributed by atoms with Crippen molar-refractivity contribution >= 4 is 0 Å². The first-order chi connectivity index (χ1) is 9.20. The molecule has 0 spiro atoms. The van der Waals surface area contributed by atoms with Gasteiger partial charge in [-0.1, -0.05) is 0 Å². The van der Waals surface area contributed by atoms with E-state index < -0.39 is 6.10 Å². The Bertz CT molecular complexity index is 400. The van der Waals surface area contributed by atoms with Crippen molar-refractivity contribution in [1.29, 1.82) is 0 Å². The topological polar surface area (TPSA) is 41.9 Å². The minimum atomic E-state index is -0.535. The van der Waals surface area contributed by atoms with E-state index in [4.69, 9.17) is 9.47 Å². The first kappa shape index (κ1) is 14.2. The number of likely N-dealkylation sites (tertiary alicyclic amines) is 1. The number of benzene rings is 1. The summed E-state index contributed by atoms with van der Waals surface area (Å²) in [6.45, 7) is 5.67. The monoisotopic (exact) mass is 265 g/mol. The first-order valence-electron chi connectivity index (χ1n) is 6.92. The molecule has 0 amide bonds. The summed E-state index contributed by atoms with van der Waals surface area (Å²) in [5, 5.41) is 9.75. The zero-order chi connectivity index (χ0) is 13.7. The SMILES string of the molecule is COc1ccc([C@@H](C)O)c(OCCN2CCCC2)c1. The van der Waals surface area contributed by atoms with Gasteiger partial charge in [0.15, 0.2) is 0 Å². The van der Waals surface area contributed by atoms with Gasteiger partial charge in [-0.15, -0.1) is 0 Å². The number of aliphatic hydroxyl groups is 1. The maximum absolute atomic E-state index is 9.75. The maximum atomic E-state index is 9.75. The fourth-order valence-electron chi connectivity index (χ4n) is 2.40. The molecule has 19 heavy (non-hydrogen) atoms. The second-order valence-electron chi connectivity index (χ2n) is 4.98. The fraction of sp³-hybridized carbons (Fsp3) is 0.600. The number of aliphatic hydroxyl groups excluding tert-OH is 1. The predicted octanol–water partition coefficient (Wildman–Crippen LogP) is 2.22. The average Bonchev–Trinajstić information content (AvgIpc) is 2.91. The normalized spacial score (nSPS) is 17.4. The van der Waals surface area contributed by atoms with Crippen LogP contribution in [-0.2, 0) is 0 Å². The Hall–Kier alpha value is -1.26. The van der Waals surface area contributed by atoms with E-state index in [1.807, 2.05) is 18.2 Å². The Balaban J connectivity index is 1.96. The molecule has 1 aliphatic heterocycles. The van der Waals surface area contributed by atoms with Crippen molar-refractivity contribution in [2.24, 2.45) is 0 Å². The average molecular weight is 265 g/mol. The number of rotatable bonds is 6. The van der Waals surface area contributed by atoms with Gasteiger partial charge in [0.1, 0.15) is 18.1 Å². The summed E-state index contributed by atoms with van der Waals surface area (Å²) in [5.41, 5.74) is 0.808. The lowest BCUT2D eigenvalue weighted by Crippen LogP contribution is -2.25. The van der Waals surface area contributed by atoms with Crippen molar-refractivity contribution < 1.29 is 14.6 Å². The van der Waals surface area contributed by atoms with Crippen LogP contribution in [0.25, 0.3) is 0 Å². The van der Waals surface area contributed by atoms with Crippen molar-refractivity contribution in [2.45, 2.75) is 25.9 Å². The molecular formula is C15H23NO3. The van der Waals surface area contributed by atoms with E-state index in [1.54, 1.807) is 14.0 Å². The van der Waals surface area contributed by atoms with Crippen LogP contribution in [0.2, 0.25) is 0 Å². The highest BCUT2D eigenvalue weighted by Crippen LogP contribution is 2.29. The summed E-state index contributed by atoms with van der Waals surface area (Å²) in [5.74, 6) is 1.47. The van der Waals surface area contributed by atoms with E-state index in [-0.39, 0.29) is 0 Å². The van der Waals surface area contributed by atoms with Crippen molar-refractivity contribution in [2.75, 3.05) is 33.4 Å². The van der Waals surface area contributed by atoms with E-state index in [2.05, 4.69) is 4.90 Å². The minimum Gasteiger partial charge on any atom is -0.497 e. The van der Waals surface area contributed by atoms with E-state index in [1.165, 1.54) is 25.9 Å². The molecule has 1 saturated heterocycles. The third-order valence-electron chi connectivity index (χ3n) is 3.53. The molecular weight excluding hydrogens is 242 g/mol. The van der Waals surface area contributed by atoms with Crippen LogP contribution in [0.1, 0.15) is 31.4 Å². The van der Waals surface area contributed by atoms with Crippen molar-refractivity contribution in [1.82, 2.24) is 4.90 Å². The van der Waals surface area contributed by atoms with Crippen LogP contribution in [0.5, 0.6) is 11.5 Å². The molecule has 0 saturated carbocycles. The second-order valence-corrected chi connectivity index (χ2v) is 4.98. The van der Waals surface area contributed by atoms with Gasteiger partial charge in [0.25, 0.3) is 0 Å². The van der Waals surface area contributed by atoms with E-state index in [0.29, 0.717) is 12.4 Å². The Labute approximate surface area is 114 Å². The summed E-state index contributed by atoms with van der Waals surface area (Å²) in [6.07, 6.45) is 2.04. The number of hydrogen-bond acceptors (Lipinski definition) is 4. The van der Waals surface area contributed by atoms with Crippen molar-refractivity contribution in [3.05, 3.63) is 23.8 Å². The summed E-state index contributed by atoms with van der Waals surface area (Å²) < 4.78 is 11.0. The quantitative estimate of drug-likeness (QED) is 0.856. The highest BCUT2D eigenvalue weighted by molar-refractivity contribution is 5.41. The summed E-state index contributed by atoms with van der Waals surface area (Å²) in [4.78, 5) is 2.40. The smallest absolute Gasteiger partial charge is 0.128 e. The summed E-state index contributed by atoms with van der Waals surface area (Å²) in [6, 6.07) is 5.54. The van der Waals surface area contributed by atoms with Crippen LogP contribution in [-0.4, -0.2) is 43.4 Å². The minimum absolute atomic E-state index is 0.535. The van der Waals surface area contributed by atoms with Crippen LogP contribution < -0.4 is 9.47 Å². The molecule has 4 heteroatoms. The standard InChI is InChI=1S/C15H23NO3/c1-12(17)14-6-5-13(18-2)11-15(14)19-10-9-16-7-3-4-8-16/h5-6,11-12,17H,3-4,7-10H2,1-2H3/t12-/m1/s1. The van der Waals surface area contributed by atoms with Crippen LogP contribution in [0.15, 0.2) is 18.2 Å². The largest absolute Gasteiger partial charge is 0.497 e. The van der Waals surface area contributed by atoms with Gasteiger partial charge in [-0.2, -0.15) is 0 Å². The Morgan fingerprint density at radius 3 is 2.68 bits per heavy atom. The van der Waals surface area contributed by atoms with Gasteiger partial charge in [-0.25, -0.2) is 0 Å². The third-order valence-corrected chi connectivity index (χ3v) is 3.53. The highest BCUT2D eigenvalue weighted by Gasteiger charge is 2.13. The molecule has 2 rings (SSSR count). The summed E-state index contributed by atoms with van der Waals surface area (Å²) in [7, 11) is 1.63. The molecule has 0 unspecified atom stereocenters. The van der Waals surface area contributed by atoms with E-state index in [9.17, 15) is 5.11 Å². The van der Waals surface area contributed by atoms with Crippen LogP contribution in [0, 0.1) is 0 Å². The second kappa shape index (κ2) is 6.78. The van der Waals surface area contributed by atoms with E-state index in [0.717, 1.165) is 17.9 Å². The molecule has 4 nitrogen and oxygen atoms in total. The number of nitrogens with zero attached hydrogens (tertiary/aromatic N) is 1. The lowest BCUT2D eigenvalue weighted by molar-refractivity contribution is 0.186. The predicted molar refractivity (Wildman–Crippen MR) is 74.8 cm³/mol. The van der Waals surface area contributed by atoms with Gasteiger partial charge in [0.2, 0.25) is 0 Å². The molecule has 1 N–H and O–H groups in total. The van der Waals surface area contributed by atoms with Gasteiger partial charge < -0.3 is 14.6 Å². The molecule has 1 atom stereocenters. The van der Waals surface area contributed by atoms with E-state index >= 15 is 0 Å². The van der Waals surface area contributed by atoms with Gasteiger partial charge >= 0.3 is 0 Å². The Morgan fingerprint density at radius 1 is 1.32 bits per heavy atom. The lowest BCUT2D eigenvalue weighted by Gasteiger charge is -2.18. The van der Waals surface area contributed by atoms with Crippen LogP contribution in [0.3, 0.4) is 0 Å². The van der Waals surface area contributed by atoms with Crippen LogP contribution in [0.4, 0.5) is 0 Å². The van der Waals surface area contributed by atoms with Crippen molar-refractivity contribution in [3.63, 3.8) is 0 Å². The lowest BCUT2D eigenvalue weighted by atomic mass is 10.1. The molecule has 1 fully saturated rings. The Morgan fingerprint density at radius 2 is 2.05 bits per heavy atom. The molecule has 1 aromatic carbocycles. The number of hydrogen-bond donors (Lipinski definition) is 1.